The second kappa shape index (κ2) is 7.69. The van der Waals surface area contributed by atoms with E-state index in [-0.39, 0.29) is 18.7 Å². The zero-order chi connectivity index (χ0) is 19.7. The molecule has 28 heavy (non-hydrogen) atoms. The molecule has 144 valence electrons. The molecule has 6 nitrogen and oxygen atoms in total. The number of nitrogens with one attached hydrogen (secondary N) is 1. The fourth-order valence-electron chi connectivity index (χ4n) is 4.06. The van der Waals surface area contributed by atoms with Gasteiger partial charge in [0, 0.05) is 30.3 Å². The zero-order valence-electron chi connectivity index (χ0n) is 15.9. The summed E-state index contributed by atoms with van der Waals surface area (Å²) >= 11 is 5.60. The van der Waals surface area contributed by atoms with Gasteiger partial charge >= 0.3 is 0 Å². The van der Waals surface area contributed by atoms with Crippen molar-refractivity contribution in [2.45, 2.75) is 25.9 Å². The van der Waals surface area contributed by atoms with Gasteiger partial charge in [0.25, 0.3) is 0 Å². The minimum Gasteiger partial charge on any atom is -0.395 e. The Labute approximate surface area is 169 Å². The predicted molar refractivity (Wildman–Crippen MR) is 112 cm³/mol. The fourth-order valence-corrected chi connectivity index (χ4v) is 4.39. The fraction of sp³-hybridized carbons (Fsp3) is 0.286. The highest BCUT2D eigenvalue weighted by atomic mass is 32.1. The Morgan fingerprint density at radius 1 is 1.18 bits per heavy atom. The van der Waals surface area contributed by atoms with Crippen molar-refractivity contribution in [3.63, 3.8) is 0 Å². The Kier molecular flexibility index (Phi) is 5.11. The third-order valence-corrected chi connectivity index (χ3v) is 5.58. The maximum Gasteiger partial charge on any atom is 0.170 e. The van der Waals surface area contributed by atoms with Crippen LogP contribution >= 0.6 is 12.2 Å². The molecule has 0 amide bonds. The number of rotatable bonds is 5. The first-order valence-electron chi connectivity index (χ1n) is 9.30. The molecule has 1 saturated heterocycles. The number of pyridine rings is 2. The maximum absolute atomic E-state index is 9.61. The van der Waals surface area contributed by atoms with Crippen LogP contribution in [0.3, 0.4) is 0 Å². The third kappa shape index (κ3) is 3.16. The Morgan fingerprint density at radius 3 is 2.71 bits per heavy atom. The monoisotopic (exact) mass is 393 g/mol. The highest BCUT2D eigenvalue weighted by Gasteiger charge is 2.41. The van der Waals surface area contributed by atoms with Gasteiger partial charge in [0.2, 0.25) is 0 Å². The molecule has 2 atom stereocenters. The lowest BCUT2D eigenvalue weighted by Gasteiger charge is -2.27. The number of thiocarbonyl (C=S) groups is 1. The van der Waals surface area contributed by atoms with Crippen molar-refractivity contribution < 1.29 is 5.11 Å². The summed E-state index contributed by atoms with van der Waals surface area (Å²) in [6, 6.07) is 12.0. The van der Waals surface area contributed by atoms with Crippen LogP contribution in [0.5, 0.6) is 0 Å². The largest absolute Gasteiger partial charge is 0.395 e. The molecule has 4 rings (SSSR count). The van der Waals surface area contributed by atoms with Crippen LogP contribution in [0.4, 0.5) is 0 Å². The summed E-state index contributed by atoms with van der Waals surface area (Å²) in [6.45, 7) is 4.71. The number of hydrogen-bond acceptors (Lipinski definition) is 4. The second-order valence-electron chi connectivity index (χ2n) is 6.92. The average Bonchev–Trinajstić information content (AvgIpc) is 3.19. The van der Waals surface area contributed by atoms with Crippen molar-refractivity contribution in [1.82, 2.24) is 24.8 Å². The molecule has 0 spiro atoms. The van der Waals surface area contributed by atoms with Gasteiger partial charge in [-0.05, 0) is 62.0 Å². The van der Waals surface area contributed by atoms with Crippen molar-refractivity contribution in [2.24, 2.45) is 0 Å². The summed E-state index contributed by atoms with van der Waals surface area (Å²) in [4.78, 5) is 10.9. The molecule has 1 aliphatic heterocycles. The summed E-state index contributed by atoms with van der Waals surface area (Å²) in [5, 5.41) is 13.7. The van der Waals surface area contributed by atoms with Gasteiger partial charge in [-0.1, -0.05) is 6.07 Å². The van der Waals surface area contributed by atoms with E-state index < -0.39 is 0 Å². The van der Waals surface area contributed by atoms with E-state index in [0.717, 1.165) is 28.3 Å². The normalized spacial score (nSPS) is 19.1. The molecule has 0 aromatic carbocycles. The van der Waals surface area contributed by atoms with Crippen molar-refractivity contribution in [2.75, 3.05) is 13.2 Å². The number of nitrogens with zero attached hydrogens (tertiary/aromatic N) is 4. The highest BCUT2D eigenvalue weighted by molar-refractivity contribution is 7.80. The molecule has 2 N–H and O–H groups in total. The number of aliphatic hydroxyl groups excluding tert-OH is 1. The van der Waals surface area contributed by atoms with E-state index in [0.29, 0.717) is 11.7 Å². The Bertz CT molecular complexity index is 973. The minimum absolute atomic E-state index is 0.0363. The van der Waals surface area contributed by atoms with Crippen LogP contribution < -0.4 is 5.32 Å². The van der Waals surface area contributed by atoms with Gasteiger partial charge in [-0.25, -0.2) is 0 Å². The number of hydrogen-bond donors (Lipinski definition) is 2. The Hall–Kier alpha value is -2.77. The first kappa shape index (κ1) is 18.6. The molecule has 3 aromatic rings. The summed E-state index contributed by atoms with van der Waals surface area (Å²) in [7, 11) is 0. The van der Waals surface area contributed by atoms with E-state index in [9.17, 15) is 5.11 Å². The molecular formula is C21H23N5OS. The van der Waals surface area contributed by atoms with Crippen molar-refractivity contribution in [3.8, 4) is 5.69 Å². The molecule has 0 aliphatic carbocycles. The SMILES string of the molecule is Cc1cc([C@H]2[C@H](c3ccccn3)NC(=S)N2CCO)c(C)n1-c1cccnc1. The van der Waals surface area contributed by atoms with Crippen LogP contribution in [0.15, 0.2) is 55.0 Å². The van der Waals surface area contributed by atoms with Crippen molar-refractivity contribution in [3.05, 3.63) is 77.6 Å². The smallest absolute Gasteiger partial charge is 0.170 e. The van der Waals surface area contributed by atoms with E-state index in [1.54, 1.807) is 12.4 Å². The lowest BCUT2D eigenvalue weighted by molar-refractivity contribution is 0.223. The van der Waals surface area contributed by atoms with Crippen molar-refractivity contribution >= 4 is 17.3 Å². The summed E-state index contributed by atoms with van der Waals surface area (Å²) < 4.78 is 2.20. The topological polar surface area (TPSA) is 66.2 Å². The van der Waals surface area contributed by atoms with Gasteiger partial charge < -0.3 is 19.9 Å². The Balaban J connectivity index is 1.83. The summed E-state index contributed by atoms with van der Waals surface area (Å²) in [5.74, 6) is 0. The first-order valence-corrected chi connectivity index (χ1v) is 9.71. The lowest BCUT2D eigenvalue weighted by Crippen LogP contribution is -2.32. The lowest BCUT2D eigenvalue weighted by atomic mass is 9.97. The van der Waals surface area contributed by atoms with Gasteiger partial charge in [0.05, 0.1) is 36.3 Å². The van der Waals surface area contributed by atoms with Crippen LogP contribution in [0.1, 0.15) is 34.7 Å². The standard InChI is InChI=1S/C21H23N5OS/c1-14-12-17(15(2)26(14)16-6-5-8-22-13-16)20-19(18-7-3-4-9-23-18)24-21(28)25(20)10-11-27/h3-9,12-13,19-20,27H,10-11H2,1-2H3,(H,24,28)/t19-,20-/m0/s1. The molecular weight excluding hydrogens is 370 g/mol. The quantitative estimate of drug-likeness (QED) is 0.650. The Morgan fingerprint density at radius 2 is 2.04 bits per heavy atom. The van der Waals surface area contributed by atoms with E-state index in [1.807, 2.05) is 30.5 Å². The molecule has 4 heterocycles. The second-order valence-corrected chi connectivity index (χ2v) is 7.30. The molecule has 1 fully saturated rings. The summed E-state index contributed by atoms with van der Waals surface area (Å²) in [5.41, 5.74) is 5.38. The molecule has 3 aromatic heterocycles. The number of aliphatic hydroxyl groups is 1. The van der Waals surface area contributed by atoms with Crippen LogP contribution in [0.2, 0.25) is 0 Å². The van der Waals surface area contributed by atoms with Gasteiger partial charge in [-0.15, -0.1) is 0 Å². The van der Waals surface area contributed by atoms with E-state index in [1.165, 1.54) is 0 Å². The van der Waals surface area contributed by atoms with E-state index in [4.69, 9.17) is 12.2 Å². The molecule has 7 heteroatoms. The number of aromatic nitrogens is 3. The van der Waals surface area contributed by atoms with E-state index in [2.05, 4.69) is 50.7 Å². The molecule has 1 aliphatic rings. The molecule has 0 radical (unpaired) electrons. The molecule has 0 bridgehead atoms. The maximum atomic E-state index is 9.61. The number of β-amino-alcohol motifs (C(OH)–C–C–N with tert-alkyl or cyclic N) is 1. The third-order valence-electron chi connectivity index (χ3n) is 5.23. The molecule has 0 unspecified atom stereocenters. The van der Waals surface area contributed by atoms with E-state index >= 15 is 0 Å². The van der Waals surface area contributed by atoms with Gasteiger partial charge in [-0.2, -0.15) is 0 Å². The molecule has 0 saturated carbocycles. The van der Waals surface area contributed by atoms with Crippen LogP contribution in [-0.4, -0.2) is 42.8 Å². The minimum atomic E-state index is -0.0805. The van der Waals surface area contributed by atoms with Gasteiger partial charge in [0.15, 0.2) is 5.11 Å². The van der Waals surface area contributed by atoms with Gasteiger partial charge in [0.1, 0.15) is 0 Å². The highest BCUT2D eigenvalue weighted by Crippen LogP contribution is 2.41. The van der Waals surface area contributed by atoms with Gasteiger partial charge in [-0.3, -0.25) is 9.97 Å². The predicted octanol–water partition coefficient (Wildman–Crippen LogP) is 2.85. The van der Waals surface area contributed by atoms with Crippen LogP contribution in [0.25, 0.3) is 5.69 Å². The number of aryl methyl sites for hydroxylation is 1. The van der Waals surface area contributed by atoms with Crippen molar-refractivity contribution in [1.29, 1.82) is 0 Å². The average molecular weight is 394 g/mol. The van der Waals surface area contributed by atoms with Crippen LogP contribution in [0, 0.1) is 13.8 Å². The zero-order valence-corrected chi connectivity index (χ0v) is 16.7. The van der Waals surface area contributed by atoms with Crippen LogP contribution in [-0.2, 0) is 0 Å². The first-order chi connectivity index (χ1) is 13.6. The summed E-state index contributed by atoms with van der Waals surface area (Å²) in [6.07, 6.45) is 5.44.